The number of hydrogen-bond donors (Lipinski definition) is 0. The van der Waals surface area contributed by atoms with E-state index < -0.39 is 0 Å². The summed E-state index contributed by atoms with van der Waals surface area (Å²) in [7, 11) is 0. The average Bonchev–Trinajstić information content (AvgIpc) is 3.98. The zero-order valence-corrected chi connectivity index (χ0v) is 26.5. The minimum absolute atomic E-state index is 0.543. The van der Waals surface area contributed by atoms with Crippen LogP contribution in [-0.2, 0) is 0 Å². The van der Waals surface area contributed by atoms with Gasteiger partial charge in [-0.2, -0.15) is 0 Å². The number of rotatable bonds is 4. The van der Waals surface area contributed by atoms with Gasteiger partial charge in [-0.25, -0.2) is 29.9 Å². The first kappa shape index (κ1) is 26.7. The van der Waals surface area contributed by atoms with Gasteiger partial charge in [0.2, 0.25) is 0 Å². The summed E-state index contributed by atoms with van der Waals surface area (Å²) >= 11 is 0. The molecule has 6 nitrogen and oxygen atoms in total. The molecule has 11 rings (SSSR count). The van der Waals surface area contributed by atoms with Gasteiger partial charge in [-0.15, -0.1) is 0 Å². The molecule has 4 bridgehead atoms. The fourth-order valence-electron chi connectivity index (χ4n) is 9.66. The zero-order chi connectivity index (χ0) is 31.3. The Morgan fingerprint density at radius 3 is 1.17 bits per heavy atom. The van der Waals surface area contributed by atoms with E-state index in [2.05, 4.69) is 36.4 Å². The lowest BCUT2D eigenvalue weighted by molar-refractivity contribution is 0.719. The van der Waals surface area contributed by atoms with Crippen LogP contribution in [0.15, 0.2) is 97.6 Å². The largest absolute Gasteiger partial charge is 0.245 e. The van der Waals surface area contributed by atoms with E-state index in [0.29, 0.717) is 23.7 Å². The standard InChI is InChI=1S/C42H32N6/c1-3-7-23(8-4-1)41-43-19-29(20-44-41)37-35-27-13-11-25(17-27)33(35)31-15-16-32-34-26-12-14-28(18-26)36(34)38(48-40(32)39(31)47-37)30-21-45-42(46-22-30)24-9-5-2-6-10-24/h1-10,15-16,19-22,25-28H,11-14,17-18H2/t25?,26?,27-,28?/m1/s1. The fraction of sp³-hybridized carbons (Fsp3) is 0.238. The topological polar surface area (TPSA) is 77.3 Å². The highest BCUT2D eigenvalue weighted by atomic mass is 14.9. The van der Waals surface area contributed by atoms with Crippen LogP contribution >= 0.6 is 0 Å². The van der Waals surface area contributed by atoms with Gasteiger partial charge in [0, 0.05) is 57.8 Å². The van der Waals surface area contributed by atoms with E-state index in [1.54, 1.807) is 0 Å². The van der Waals surface area contributed by atoms with Crippen molar-refractivity contribution in [1.82, 2.24) is 29.9 Å². The summed E-state index contributed by atoms with van der Waals surface area (Å²) in [6.45, 7) is 0. The Hall–Kier alpha value is -5.36. The van der Waals surface area contributed by atoms with E-state index >= 15 is 0 Å². The van der Waals surface area contributed by atoms with Crippen LogP contribution in [0.25, 0.3) is 67.1 Å². The highest BCUT2D eigenvalue weighted by Crippen LogP contribution is 2.60. The predicted octanol–water partition coefficient (Wildman–Crippen LogP) is 9.76. The first-order chi connectivity index (χ1) is 23.8. The number of fused-ring (bicyclic) bond motifs is 15. The summed E-state index contributed by atoms with van der Waals surface area (Å²) in [6.07, 6.45) is 15.3. The van der Waals surface area contributed by atoms with Crippen molar-refractivity contribution >= 4 is 21.8 Å². The number of hydrogen-bond acceptors (Lipinski definition) is 6. The summed E-state index contributed by atoms with van der Waals surface area (Å²) < 4.78 is 0. The molecule has 2 saturated carbocycles. The van der Waals surface area contributed by atoms with Crippen molar-refractivity contribution in [2.24, 2.45) is 0 Å². The number of nitrogens with zero attached hydrogens (tertiary/aromatic N) is 6. The van der Waals surface area contributed by atoms with Crippen molar-refractivity contribution in [2.75, 3.05) is 0 Å². The van der Waals surface area contributed by atoms with Gasteiger partial charge in [-0.05, 0) is 84.5 Å². The highest BCUT2D eigenvalue weighted by Gasteiger charge is 2.43. The van der Waals surface area contributed by atoms with Gasteiger partial charge < -0.3 is 0 Å². The van der Waals surface area contributed by atoms with Crippen LogP contribution in [0.1, 0.15) is 84.5 Å². The molecule has 4 aliphatic rings. The van der Waals surface area contributed by atoms with Gasteiger partial charge >= 0.3 is 0 Å². The van der Waals surface area contributed by atoms with Gasteiger partial charge in [-0.3, -0.25) is 0 Å². The number of pyridine rings is 2. The van der Waals surface area contributed by atoms with Gasteiger partial charge in [-0.1, -0.05) is 72.8 Å². The maximum absolute atomic E-state index is 5.57. The number of benzene rings is 3. The Balaban J connectivity index is 1.14. The first-order valence-corrected chi connectivity index (χ1v) is 17.4. The Morgan fingerprint density at radius 1 is 0.396 bits per heavy atom. The molecule has 48 heavy (non-hydrogen) atoms. The van der Waals surface area contributed by atoms with Crippen LogP contribution < -0.4 is 0 Å². The fourth-order valence-corrected chi connectivity index (χ4v) is 9.66. The van der Waals surface area contributed by atoms with Crippen LogP contribution in [-0.4, -0.2) is 29.9 Å². The zero-order valence-electron chi connectivity index (χ0n) is 26.5. The van der Waals surface area contributed by atoms with Gasteiger partial charge in [0.05, 0.1) is 22.4 Å². The maximum Gasteiger partial charge on any atom is 0.159 e. The Bertz CT molecular complexity index is 2230. The van der Waals surface area contributed by atoms with Gasteiger partial charge in [0.1, 0.15) is 0 Å². The maximum atomic E-state index is 5.57. The molecule has 2 fully saturated rings. The summed E-state index contributed by atoms with van der Waals surface area (Å²) in [4.78, 5) is 30.5. The van der Waals surface area contributed by atoms with E-state index in [0.717, 1.165) is 56.3 Å². The summed E-state index contributed by atoms with van der Waals surface area (Å²) in [5.41, 5.74) is 13.9. The second-order valence-electron chi connectivity index (χ2n) is 14.2. The smallest absolute Gasteiger partial charge is 0.159 e. The van der Waals surface area contributed by atoms with E-state index in [1.165, 1.54) is 71.6 Å². The molecule has 4 aliphatic carbocycles. The van der Waals surface area contributed by atoms with E-state index in [-0.39, 0.29) is 0 Å². The third-order valence-electron chi connectivity index (χ3n) is 11.7. The molecule has 3 unspecified atom stereocenters. The molecule has 0 radical (unpaired) electrons. The quantitative estimate of drug-likeness (QED) is 0.182. The molecule has 6 heteroatoms. The molecule has 0 amide bonds. The normalized spacial score (nSPS) is 21.7. The van der Waals surface area contributed by atoms with Crippen LogP contribution in [0, 0.1) is 0 Å². The van der Waals surface area contributed by atoms with Gasteiger partial charge in [0.15, 0.2) is 11.6 Å². The van der Waals surface area contributed by atoms with Crippen molar-refractivity contribution in [1.29, 1.82) is 0 Å². The molecular weight excluding hydrogens is 589 g/mol. The molecule has 0 N–H and O–H groups in total. The third-order valence-corrected chi connectivity index (χ3v) is 11.7. The predicted molar refractivity (Wildman–Crippen MR) is 189 cm³/mol. The third kappa shape index (κ3) is 3.80. The second-order valence-corrected chi connectivity index (χ2v) is 14.2. The van der Waals surface area contributed by atoms with E-state index in [9.17, 15) is 0 Å². The van der Waals surface area contributed by atoms with E-state index in [4.69, 9.17) is 29.9 Å². The monoisotopic (exact) mass is 620 g/mol. The lowest BCUT2D eigenvalue weighted by Gasteiger charge is -2.24. The van der Waals surface area contributed by atoms with Crippen molar-refractivity contribution in [3.63, 3.8) is 0 Å². The SMILES string of the molecule is c1ccc(-c2ncc(-c3nc4c(ccc5c6c(c(-c7cnc(-c8ccccc8)nc7)nc54)[C@@H]4CCC6C4)c4c3C3CCC4C3)cn2)cc1. The van der Waals surface area contributed by atoms with Crippen molar-refractivity contribution in [2.45, 2.75) is 62.2 Å². The minimum atomic E-state index is 0.543. The van der Waals surface area contributed by atoms with Crippen molar-refractivity contribution < 1.29 is 0 Å². The minimum Gasteiger partial charge on any atom is -0.245 e. The molecule has 4 heterocycles. The summed E-state index contributed by atoms with van der Waals surface area (Å²) in [5, 5.41) is 2.54. The average molecular weight is 621 g/mol. The highest BCUT2D eigenvalue weighted by molar-refractivity contribution is 6.08. The molecule has 3 aromatic carbocycles. The Kier molecular flexibility index (Phi) is 5.60. The van der Waals surface area contributed by atoms with Crippen molar-refractivity contribution in [3.05, 3.63) is 120 Å². The van der Waals surface area contributed by atoms with Crippen LogP contribution in [0.4, 0.5) is 0 Å². The molecule has 4 atom stereocenters. The Morgan fingerprint density at radius 2 is 0.771 bits per heavy atom. The van der Waals surface area contributed by atoms with Crippen LogP contribution in [0.5, 0.6) is 0 Å². The molecule has 230 valence electrons. The molecule has 0 aliphatic heterocycles. The lowest BCUT2D eigenvalue weighted by atomic mass is 9.84. The van der Waals surface area contributed by atoms with Crippen molar-refractivity contribution in [3.8, 4) is 45.3 Å². The molecule has 4 aromatic heterocycles. The van der Waals surface area contributed by atoms with E-state index in [1.807, 2.05) is 61.2 Å². The lowest BCUT2D eigenvalue weighted by Crippen LogP contribution is -2.08. The summed E-state index contributed by atoms with van der Waals surface area (Å²) in [5.74, 6) is 3.70. The Labute approximate surface area is 278 Å². The first-order valence-electron chi connectivity index (χ1n) is 17.4. The molecule has 0 spiro atoms. The number of aromatic nitrogens is 6. The molecule has 7 aromatic rings. The van der Waals surface area contributed by atoms with Crippen LogP contribution in [0.3, 0.4) is 0 Å². The molecule has 0 saturated heterocycles. The van der Waals surface area contributed by atoms with Crippen LogP contribution in [0.2, 0.25) is 0 Å². The van der Waals surface area contributed by atoms with Gasteiger partial charge in [0.25, 0.3) is 0 Å². The summed E-state index contributed by atoms with van der Waals surface area (Å²) in [6, 6.07) is 25.1. The second kappa shape index (κ2) is 10.1. The molecular formula is C42H32N6.